The summed E-state index contributed by atoms with van der Waals surface area (Å²) in [7, 11) is 0. The number of carbonyl (C=O) groups excluding carboxylic acids is 1. The van der Waals surface area contributed by atoms with Gasteiger partial charge in [0.05, 0.1) is 44.6 Å². The smallest absolute Gasteiger partial charge is 0.237 e. The van der Waals surface area contributed by atoms with Gasteiger partial charge in [0, 0.05) is 64.4 Å². The number of aromatic nitrogens is 4. The maximum Gasteiger partial charge on any atom is 0.237 e. The van der Waals surface area contributed by atoms with Crippen LogP contribution < -0.4 is 24.9 Å². The summed E-state index contributed by atoms with van der Waals surface area (Å²) in [4.78, 5) is 41.9. The number of nitrogens with zero attached hydrogens (tertiary/aromatic N) is 10. The molecule has 4 bridgehead atoms. The Kier molecular flexibility index (Phi) is 14.0. The Morgan fingerprint density at radius 2 is 1.19 bits per heavy atom. The normalized spacial score (nSPS) is 27.7. The van der Waals surface area contributed by atoms with Gasteiger partial charge in [0.15, 0.2) is 11.6 Å². The van der Waals surface area contributed by atoms with Crippen LogP contribution in [0.3, 0.4) is 0 Å². The highest BCUT2D eigenvalue weighted by Gasteiger charge is 2.57. The van der Waals surface area contributed by atoms with Gasteiger partial charge < -0.3 is 55.3 Å². The molecule has 58 heavy (non-hydrogen) atoms. The molecule has 5 heterocycles. The maximum absolute atomic E-state index is 12.4. The Balaban J connectivity index is 0.000000197. The van der Waals surface area contributed by atoms with Crippen molar-refractivity contribution in [3.8, 4) is 6.07 Å². The number of piperidine rings is 2. The molecule has 17 heteroatoms. The number of amides is 1. The van der Waals surface area contributed by atoms with Crippen molar-refractivity contribution in [1.82, 2.24) is 30.2 Å². The third-order valence-electron chi connectivity index (χ3n) is 13.2. The molecule has 3 aliphatic heterocycles. The molecular formula is C41H65N11O6. The summed E-state index contributed by atoms with van der Waals surface area (Å²) >= 11 is 0. The van der Waals surface area contributed by atoms with Crippen molar-refractivity contribution in [3.05, 3.63) is 0 Å². The Hall–Kier alpha value is -3.66. The summed E-state index contributed by atoms with van der Waals surface area (Å²) in [6.45, 7) is 5.40. The molecule has 7 aliphatic rings. The second kappa shape index (κ2) is 19.2. The standard InChI is InChI=1S/C24H40N8O4.C17H25N3O2/c33-15-11-31(12-16-34)23-26-20-19(21(27-23)29-7-3-1-4-8-29)25-24(32(13-17-35)14-18-36)28-22(20)30-9-5-2-6-10-30;18-9-14-2-1-3-20(14)15(21)10-19-16-5-12-4-13(6-16)8-17(22,7-12)11-16/h33-36H,1-18H2;12-14,19,22H,1-8,10-11H2/t;12-,13+,14-,16?,17?/m.0/s1. The number of aliphatic hydroxyl groups is 5. The number of anilines is 4. The van der Waals surface area contributed by atoms with Gasteiger partial charge in [-0.2, -0.15) is 15.2 Å². The van der Waals surface area contributed by atoms with Crippen molar-refractivity contribution in [2.24, 2.45) is 11.8 Å². The fourth-order valence-electron chi connectivity index (χ4n) is 11.0. The summed E-state index contributed by atoms with van der Waals surface area (Å²) in [6, 6.07) is 1.99. The van der Waals surface area contributed by atoms with Crippen molar-refractivity contribution in [1.29, 1.82) is 5.26 Å². The van der Waals surface area contributed by atoms with Crippen LogP contribution in [-0.2, 0) is 4.79 Å². The van der Waals surface area contributed by atoms with Crippen molar-refractivity contribution < 1.29 is 30.3 Å². The van der Waals surface area contributed by atoms with Gasteiger partial charge in [-0.15, -0.1) is 0 Å². The maximum atomic E-state index is 12.4. The first kappa shape index (κ1) is 42.5. The average molecular weight is 808 g/mol. The second-order valence-electron chi connectivity index (χ2n) is 17.5. The Morgan fingerprint density at radius 3 is 1.62 bits per heavy atom. The molecule has 2 unspecified atom stereocenters. The highest BCUT2D eigenvalue weighted by molar-refractivity contribution is 5.95. The largest absolute Gasteiger partial charge is 0.395 e. The van der Waals surface area contributed by atoms with Gasteiger partial charge in [-0.3, -0.25) is 4.79 Å². The first-order valence-corrected chi connectivity index (χ1v) is 21.9. The molecule has 1 amide bonds. The minimum atomic E-state index is -0.497. The van der Waals surface area contributed by atoms with Gasteiger partial charge in [0.2, 0.25) is 17.8 Å². The molecule has 9 rings (SSSR count). The van der Waals surface area contributed by atoms with Crippen LogP contribution in [0.15, 0.2) is 0 Å². The number of rotatable bonds is 15. The third-order valence-corrected chi connectivity index (χ3v) is 13.2. The van der Waals surface area contributed by atoms with E-state index in [1.165, 1.54) is 19.3 Å². The topological polar surface area (TPSA) is 222 Å². The molecule has 0 radical (unpaired) electrons. The fraction of sp³-hybridized carbons (Fsp3) is 0.805. The zero-order chi connectivity index (χ0) is 40.7. The minimum Gasteiger partial charge on any atom is -0.395 e. The van der Waals surface area contributed by atoms with E-state index in [4.69, 9.17) is 25.2 Å². The predicted molar refractivity (Wildman–Crippen MR) is 221 cm³/mol. The predicted octanol–water partition coefficient (Wildman–Crippen LogP) is 1.16. The van der Waals surface area contributed by atoms with Crippen LogP contribution in [0.2, 0.25) is 0 Å². The summed E-state index contributed by atoms with van der Waals surface area (Å²) in [5.74, 6) is 3.63. The lowest BCUT2D eigenvalue weighted by Gasteiger charge is -2.60. The van der Waals surface area contributed by atoms with E-state index < -0.39 is 5.60 Å². The molecule has 2 aromatic heterocycles. The molecule has 0 spiro atoms. The van der Waals surface area contributed by atoms with E-state index in [-0.39, 0.29) is 43.9 Å². The lowest BCUT2D eigenvalue weighted by atomic mass is 9.51. The van der Waals surface area contributed by atoms with E-state index in [0.29, 0.717) is 74.0 Å². The van der Waals surface area contributed by atoms with Crippen LogP contribution in [0, 0.1) is 23.2 Å². The van der Waals surface area contributed by atoms with Gasteiger partial charge >= 0.3 is 0 Å². The van der Waals surface area contributed by atoms with E-state index in [0.717, 1.165) is 108 Å². The number of likely N-dealkylation sites (tertiary alicyclic amines) is 1. The molecule has 5 atom stereocenters. The van der Waals surface area contributed by atoms with Crippen molar-refractivity contribution in [3.63, 3.8) is 0 Å². The monoisotopic (exact) mass is 808 g/mol. The SMILES string of the molecule is N#C[C@@H]1CCCN1C(=O)CNC12C[C@@H]3C[C@@H](CC(O)(C3)C1)C2.OCCN(CCO)c1nc(N2CCCCC2)c2nc(N(CCO)CCO)nc(N3CCCCC3)c2n1. The lowest BCUT2D eigenvalue weighted by Crippen LogP contribution is -2.65. The van der Waals surface area contributed by atoms with Crippen molar-refractivity contribution in [2.45, 2.75) is 107 Å². The number of aliphatic hydroxyl groups excluding tert-OH is 4. The average Bonchev–Trinajstić information content (AvgIpc) is 3.71. The first-order valence-electron chi connectivity index (χ1n) is 21.9. The van der Waals surface area contributed by atoms with E-state index >= 15 is 0 Å². The molecule has 0 aromatic carbocycles. The molecule has 2 aromatic rings. The summed E-state index contributed by atoms with van der Waals surface area (Å²) in [6.07, 6.45) is 14.5. The van der Waals surface area contributed by atoms with Crippen LogP contribution >= 0.6 is 0 Å². The van der Waals surface area contributed by atoms with Gasteiger partial charge in [-0.25, -0.2) is 9.97 Å². The van der Waals surface area contributed by atoms with E-state index in [1.54, 1.807) is 14.7 Å². The summed E-state index contributed by atoms with van der Waals surface area (Å²) in [5, 5.41) is 62.0. The zero-order valence-electron chi connectivity index (χ0n) is 34.1. The summed E-state index contributed by atoms with van der Waals surface area (Å²) in [5.41, 5.74) is 0.763. The molecule has 4 aliphatic carbocycles. The molecule has 4 saturated carbocycles. The van der Waals surface area contributed by atoms with Crippen LogP contribution in [0.1, 0.15) is 89.9 Å². The number of carbonyl (C=O) groups is 1. The number of hydrogen-bond donors (Lipinski definition) is 6. The molecule has 6 N–H and O–H groups in total. The highest BCUT2D eigenvalue weighted by atomic mass is 16.3. The van der Waals surface area contributed by atoms with Gasteiger partial charge in [-0.05, 0) is 102 Å². The number of nitriles is 1. The Morgan fingerprint density at radius 1 is 0.707 bits per heavy atom. The van der Waals surface area contributed by atoms with Gasteiger partial charge in [0.25, 0.3) is 0 Å². The van der Waals surface area contributed by atoms with Gasteiger partial charge in [-0.1, -0.05) is 0 Å². The highest BCUT2D eigenvalue weighted by Crippen LogP contribution is 2.57. The van der Waals surface area contributed by atoms with Crippen molar-refractivity contribution in [2.75, 3.05) is 111 Å². The Bertz CT molecular complexity index is 1630. The van der Waals surface area contributed by atoms with Crippen LogP contribution in [-0.4, -0.2) is 165 Å². The van der Waals surface area contributed by atoms with E-state index in [2.05, 4.69) is 21.2 Å². The summed E-state index contributed by atoms with van der Waals surface area (Å²) < 4.78 is 0. The van der Waals surface area contributed by atoms with E-state index in [9.17, 15) is 30.3 Å². The Labute approximate surface area is 342 Å². The van der Waals surface area contributed by atoms with Crippen LogP contribution in [0.4, 0.5) is 23.5 Å². The lowest BCUT2D eigenvalue weighted by molar-refractivity contribution is -0.147. The van der Waals surface area contributed by atoms with Crippen LogP contribution in [0.25, 0.3) is 11.0 Å². The fourth-order valence-corrected chi connectivity index (χ4v) is 11.0. The van der Waals surface area contributed by atoms with Gasteiger partial charge in [0.1, 0.15) is 17.1 Å². The molecule has 17 nitrogen and oxygen atoms in total. The number of fused-ring (bicyclic) bond motifs is 1. The zero-order valence-corrected chi connectivity index (χ0v) is 34.1. The molecular weight excluding hydrogens is 743 g/mol. The number of hydrogen-bond acceptors (Lipinski definition) is 16. The third kappa shape index (κ3) is 9.53. The number of nitrogens with one attached hydrogen (secondary N) is 1. The molecule has 320 valence electrons. The van der Waals surface area contributed by atoms with Crippen molar-refractivity contribution >= 4 is 40.5 Å². The molecule has 7 fully saturated rings. The second-order valence-corrected chi connectivity index (χ2v) is 17.5. The quantitative estimate of drug-likeness (QED) is 0.149. The van der Waals surface area contributed by atoms with E-state index in [1.807, 2.05) is 0 Å². The van der Waals surface area contributed by atoms with Crippen LogP contribution in [0.5, 0.6) is 0 Å². The molecule has 3 saturated heterocycles. The minimum absolute atomic E-state index is 0.0453. The first-order chi connectivity index (χ1) is 28.2.